The Kier molecular flexibility index (Phi) is 4.37. The van der Waals surface area contributed by atoms with Gasteiger partial charge in [0.2, 0.25) is 0 Å². The maximum Gasteiger partial charge on any atom is 0.113 e. The van der Waals surface area contributed by atoms with Crippen molar-refractivity contribution in [2.24, 2.45) is 0 Å². The average Bonchev–Trinajstić information content (AvgIpc) is 2.74. The predicted molar refractivity (Wildman–Crippen MR) is 75.9 cm³/mol. The highest BCUT2D eigenvalue weighted by atomic mass is 15.0. The van der Waals surface area contributed by atoms with Crippen LogP contribution in [0, 0.1) is 0 Å². The number of rotatable bonds is 6. The second-order valence-electron chi connectivity index (χ2n) is 4.65. The van der Waals surface area contributed by atoms with Gasteiger partial charge in [0.05, 0.1) is 11.2 Å². The number of hydrogen-bond acceptors (Lipinski definition) is 2. The summed E-state index contributed by atoms with van der Waals surface area (Å²) in [5, 5.41) is 3.36. The Bertz CT molecular complexity index is 514. The molecule has 0 aliphatic heterocycles. The average molecular weight is 245 g/mol. The number of fused-ring (bicyclic) bond motifs is 1. The third-order valence-electron chi connectivity index (χ3n) is 3.27. The molecule has 0 amide bonds. The van der Waals surface area contributed by atoms with E-state index >= 15 is 0 Å². The van der Waals surface area contributed by atoms with Gasteiger partial charge in [0.1, 0.15) is 5.82 Å². The highest BCUT2D eigenvalue weighted by molar-refractivity contribution is 5.54. The molecule has 18 heavy (non-hydrogen) atoms. The van der Waals surface area contributed by atoms with Crippen molar-refractivity contribution in [3.63, 3.8) is 0 Å². The molecule has 0 atom stereocenters. The molecule has 2 rings (SSSR count). The lowest BCUT2D eigenvalue weighted by molar-refractivity contribution is 0.713. The van der Waals surface area contributed by atoms with Crippen molar-refractivity contribution in [2.75, 3.05) is 6.54 Å². The molecule has 98 valence electrons. The van der Waals surface area contributed by atoms with Crippen LogP contribution in [-0.2, 0) is 19.4 Å². The van der Waals surface area contributed by atoms with E-state index in [9.17, 15) is 0 Å². The topological polar surface area (TPSA) is 29.3 Å². The van der Waals surface area contributed by atoms with E-state index in [4.69, 9.17) is 4.98 Å². The first-order chi connectivity index (χ1) is 8.80. The molecule has 3 nitrogen and oxygen atoms in total. The van der Waals surface area contributed by atoms with E-state index in [2.05, 4.69) is 48.8 Å². The van der Waals surface area contributed by atoms with Crippen molar-refractivity contribution in [1.29, 1.82) is 0 Å². The third kappa shape index (κ3) is 2.56. The van der Waals surface area contributed by atoms with Crippen LogP contribution in [0.2, 0.25) is 0 Å². The first-order valence-corrected chi connectivity index (χ1v) is 6.99. The summed E-state index contributed by atoms with van der Waals surface area (Å²) in [5.74, 6) is 1.19. The smallest absolute Gasteiger partial charge is 0.113 e. The van der Waals surface area contributed by atoms with Crippen LogP contribution in [0.25, 0.3) is 5.52 Å². The Morgan fingerprint density at radius 2 is 2.06 bits per heavy atom. The van der Waals surface area contributed by atoms with Crippen molar-refractivity contribution in [2.45, 2.75) is 46.6 Å². The maximum atomic E-state index is 4.79. The molecule has 2 heterocycles. The molecule has 0 aliphatic rings. The van der Waals surface area contributed by atoms with E-state index in [1.807, 2.05) is 0 Å². The van der Waals surface area contributed by atoms with Crippen LogP contribution in [-0.4, -0.2) is 15.9 Å². The van der Waals surface area contributed by atoms with Crippen LogP contribution in [0.1, 0.15) is 44.3 Å². The lowest BCUT2D eigenvalue weighted by atomic mass is 10.2. The van der Waals surface area contributed by atoms with Crippen LogP contribution in [0.4, 0.5) is 0 Å². The SMILES string of the molecule is CCCc1nc(CNCC)c2ccc(CC)cn12. The van der Waals surface area contributed by atoms with Crippen LogP contribution in [0.15, 0.2) is 18.3 Å². The zero-order valence-electron chi connectivity index (χ0n) is 11.7. The highest BCUT2D eigenvalue weighted by Gasteiger charge is 2.10. The molecule has 0 aromatic carbocycles. The summed E-state index contributed by atoms with van der Waals surface area (Å²) in [6.07, 6.45) is 5.49. The van der Waals surface area contributed by atoms with E-state index in [0.717, 1.165) is 32.4 Å². The molecule has 0 saturated carbocycles. The second-order valence-corrected chi connectivity index (χ2v) is 4.65. The maximum absolute atomic E-state index is 4.79. The molecule has 2 aromatic rings. The van der Waals surface area contributed by atoms with Gasteiger partial charge in [0.15, 0.2) is 0 Å². The predicted octanol–water partition coefficient (Wildman–Crippen LogP) is 2.96. The van der Waals surface area contributed by atoms with Gasteiger partial charge < -0.3 is 9.72 Å². The van der Waals surface area contributed by atoms with Gasteiger partial charge in [0.25, 0.3) is 0 Å². The Balaban J connectivity index is 2.45. The summed E-state index contributed by atoms with van der Waals surface area (Å²) in [4.78, 5) is 4.79. The fourth-order valence-electron chi connectivity index (χ4n) is 2.24. The summed E-state index contributed by atoms with van der Waals surface area (Å²) < 4.78 is 2.27. The van der Waals surface area contributed by atoms with Crippen LogP contribution in [0.3, 0.4) is 0 Å². The lowest BCUT2D eigenvalue weighted by Gasteiger charge is -2.03. The largest absolute Gasteiger partial charge is 0.311 e. The Labute approximate surface area is 109 Å². The number of hydrogen-bond donors (Lipinski definition) is 1. The van der Waals surface area contributed by atoms with Crippen molar-refractivity contribution in [3.05, 3.63) is 35.4 Å². The standard InChI is InChI=1S/C15H23N3/c1-4-7-15-17-13(10-16-6-3)14-9-8-12(5-2)11-18(14)15/h8-9,11,16H,4-7,10H2,1-3H3. The fourth-order valence-corrected chi connectivity index (χ4v) is 2.24. The number of aromatic nitrogens is 2. The minimum atomic E-state index is 0.856. The second kappa shape index (κ2) is 6.01. The van der Waals surface area contributed by atoms with E-state index in [1.165, 1.54) is 22.6 Å². The molecule has 0 unspecified atom stereocenters. The van der Waals surface area contributed by atoms with E-state index in [0.29, 0.717) is 0 Å². The molecule has 2 aromatic heterocycles. The van der Waals surface area contributed by atoms with Gasteiger partial charge in [-0.1, -0.05) is 26.8 Å². The summed E-state index contributed by atoms with van der Waals surface area (Å²) >= 11 is 0. The quantitative estimate of drug-likeness (QED) is 0.848. The minimum Gasteiger partial charge on any atom is -0.311 e. The molecule has 0 bridgehead atoms. The first kappa shape index (κ1) is 13.1. The van der Waals surface area contributed by atoms with Gasteiger partial charge in [-0.3, -0.25) is 0 Å². The van der Waals surface area contributed by atoms with Gasteiger partial charge in [-0.25, -0.2) is 4.98 Å². The monoisotopic (exact) mass is 245 g/mol. The van der Waals surface area contributed by atoms with Crippen LogP contribution < -0.4 is 5.32 Å². The van der Waals surface area contributed by atoms with E-state index in [1.54, 1.807) is 0 Å². The van der Waals surface area contributed by atoms with E-state index in [-0.39, 0.29) is 0 Å². The van der Waals surface area contributed by atoms with Crippen molar-refractivity contribution >= 4 is 5.52 Å². The Hall–Kier alpha value is -1.35. The molecular weight excluding hydrogens is 222 g/mol. The first-order valence-electron chi connectivity index (χ1n) is 6.99. The lowest BCUT2D eigenvalue weighted by Crippen LogP contribution is -2.12. The van der Waals surface area contributed by atoms with Crippen LogP contribution in [0.5, 0.6) is 0 Å². The van der Waals surface area contributed by atoms with E-state index < -0.39 is 0 Å². The molecular formula is C15H23N3. The number of nitrogens with one attached hydrogen (secondary N) is 1. The molecule has 0 fully saturated rings. The van der Waals surface area contributed by atoms with Gasteiger partial charge in [-0.05, 0) is 31.0 Å². The van der Waals surface area contributed by atoms with Gasteiger partial charge in [-0.15, -0.1) is 0 Å². The fraction of sp³-hybridized carbons (Fsp3) is 0.533. The zero-order chi connectivity index (χ0) is 13.0. The number of aryl methyl sites for hydroxylation is 2. The summed E-state index contributed by atoms with van der Waals surface area (Å²) in [7, 11) is 0. The minimum absolute atomic E-state index is 0.856. The number of nitrogens with zero attached hydrogens (tertiary/aromatic N) is 2. The van der Waals surface area contributed by atoms with Crippen molar-refractivity contribution in [1.82, 2.24) is 14.7 Å². The molecule has 0 aliphatic carbocycles. The Morgan fingerprint density at radius 1 is 1.22 bits per heavy atom. The van der Waals surface area contributed by atoms with Crippen molar-refractivity contribution < 1.29 is 0 Å². The van der Waals surface area contributed by atoms with Gasteiger partial charge in [-0.2, -0.15) is 0 Å². The highest BCUT2D eigenvalue weighted by Crippen LogP contribution is 2.16. The third-order valence-corrected chi connectivity index (χ3v) is 3.27. The summed E-state index contributed by atoms with van der Waals surface area (Å²) in [6, 6.07) is 4.42. The Morgan fingerprint density at radius 3 is 2.72 bits per heavy atom. The molecule has 3 heteroatoms. The number of imidazole rings is 1. The van der Waals surface area contributed by atoms with Gasteiger partial charge in [0, 0.05) is 19.2 Å². The molecule has 0 spiro atoms. The summed E-state index contributed by atoms with van der Waals surface area (Å²) in [6.45, 7) is 8.36. The van der Waals surface area contributed by atoms with Gasteiger partial charge >= 0.3 is 0 Å². The zero-order valence-corrected chi connectivity index (χ0v) is 11.7. The van der Waals surface area contributed by atoms with Crippen molar-refractivity contribution in [3.8, 4) is 0 Å². The normalized spacial score (nSPS) is 11.3. The molecule has 0 radical (unpaired) electrons. The number of pyridine rings is 1. The molecule has 1 N–H and O–H groups in total. The van der Waals surface area contributed by atoms with Crippen LogP contribution >= 0.6 is 0 Å². The summed E-state index contributed by atoms with van der Waals surface area (Å²) in [5.41, 5.74) is 3.78. The molecule has 0 saturated heterocycles.